The number of nitro groups is 1. The number of hydrogen-bond donors (Lipinski definition) is 1. The van der Waals surface area contributed by atoms with Gasteiger partial charge in [-0.15, -0.1) is 0 Å². The second-order valence-corrected chi connectivity index (χ2v) is 6.19. The molecule has 0 aliphatic carbocycles. The van der Waals surface area contributed by atoms with Crippen LogP contribution in [-0.4, -0.2) is 27.2 Å². The van der Waals surface area contributed by atoms with E-state index in [1.54, 1.807) is 6.92 Å². The number of amides is 1. The molecule has 1 amide bonds. The Hall–Kier alpha value is -3.89. The molecule has 0 bridgehead atoms. The number of ether oxygens (including phenoxy) is 1. The van der Waals surface area contributed by atoms with Crippen molar-refractivity contribution < 1.29 is 27.6 Å². The van der Waals surface area contributed by atoms with Crippen LogP contribution in [0.1, 0.15) is 11.3 Å². The third-order valence-corrected chi connectivity index (χ3v) is 3.95. The first-order valence-corrected chi connectivity index (χ1v) is 8.55. The van der Waals surface area contributed by atoms with Crippen molar-refractivity contribution in [3.05, 3.63) is 76.0 Å². The van der Waals surface area contributed by atoms with Crippen LogP contribution in [0.15, 0.2) is 54.6 Å². The number of para-hydroxylation sites is 1. The van der Waals surface area contributed by atoms with Gasteiger partial charge in [0.2, 0.25) is 0 Å². The normalized spacial score (nSPS) is 11.2. The Morgan fingerprint density at radius 3 is 2.50 bits per heavy atom. The number of carbonyl (C=O) groups excluding carboxylic acids is 1. The monoisotopic (exact) mass is 420 g/mol. The van der Waals surface area contributed by atoms with Gasteiger partial charge in [0, 0.05) is 18.2 Å². The third-order valence-electron chi connectivity index (χ3n) is 3.95. The molecule has 0 radical (unpaired) electrons. The molecule has 2 aromatic carbocycles. The lowest BCUT2D eigenvalue weighted by molar-refractivity contribution is -0.384. The summed E-state index contributed by atoms with van der Waals surface area (Å²) < 4.78 is 46.3. The molecule has 0 aliphatic rings. The number of hydrogen-bond acceptors (Lipinski definition) is 5. The quantitative estimate of drug-likeness (QED) is 0.478. The number of non-ortho nitro benzene ring substituents is 1. The highest BCUT2D eigenvalue weighted by atomic mass is 19.4. The van der Waals surface area contributed by atoms with Crippen molar-refractivity contribution >= 4 is 17.4 Å². The van der Waals surface area contributed by atoms with Crippen molar-refractivity contribution in [2.75, 3.05) is 11.9 Å². The van der Waals surface area contributed by atoms with Crippen LogP contribution < -0.4 is 10.1 Å². The molecule has 0 unspecified atom stereocenters. The van der Waals surface area contributed by atoms with Crippen molar-refractivity contribution in [2.45, 2.75) is 13.1 Å². The second kappa shape index (κ2) is 8.23. The molecular formula is C19H15F3N4O4. The smallest absolute Gasteiger partial charge is 0.418 e. The van der Waals surface area contributed by atoms with E-state index in [1.807, 2.05) is 0 Å². The average Bonchev–Trinajstić information content (AvgIpc) is 3.06. The van der Waals surface area contributed by atoms with E-state index in [0.29, 0.717) is 5.69 Å². The predicted molar refractivity (Wildman–Crippen MR) is 101 cm³/mol. The number of nitro benzene ring substituents is 1. The molecule has 11 heteroatoms. The van der Waals surface area contributed by atoms with Crippen LogP contribution >= 0.6 is 0 Å². The average molecular weight is 420 g/mol. The van der Waals surface area contributed by atoms with E-state index in [-0.39, 0.29) is 22.9 Å². The van der Waals surface area contributed by atoms with E-state index in [0.717, 1.165) is 10.7 Å². The summed E-state index contributed by atoms with van der Waals surface area (Å²) in [6.07, 6.45) is -4.60. The Morgan fingerprint density at radius 1 is 1.20 bits per heavy atom. The maximum atomic E-state index is 13.3. The minimum Gasteiger partial charge on any atom is -0.484 e. The first-order chi connectivity index (χ1) is 14.1. The molecule has 156 valence electrons. The minimum atomic E-state index is -4.60. The van der Waals surface area contributed by atoms with Crippen LogP contribution in [0.4, 0.5) is 24.7 Å². The summed E-state index contributed by atoms with van der Waals surface area (Å²) in [7, 11) is 0. The molecule has 1 N–H and O–H groups in total. The number of anilines is 1. The van der Waals surface area contributed by atoms with Crippen LogP contribution in [0.3, 0.4) is 0 Å². The number of halogens is 3. The number of nitrogens with zero attached hydrogens (tertiary/aromatic N) is 3. The molecule has 1 aromatic heterocycles. The maximum absolute atomic E-state index is 13.3. The van der Waals surface area contributed by atoms with Gasteiger partial charge >= 0.3 is 6.18 Å². The fraction of sp³-hybridized carbons (Fsp3) is 0.158. The van der Waals surface area contributed by atoms with Gasteiger partial charge in [0.15, 0.2) is 6.61 Å². The number of rotatable bonds is 6. The Balaban J connectivity index is 1.75. The van der Waals surface area contributed by atoms with Gasteiger partial charge in [0.25, 0.3) is 11.6 Å². The lowest BCUT2D eigenvalue weighted by atomic mass is 10.1. The van der Waals surface area contributed by atoms with Crippen molar-refractivity contribution in [2.24, 2.45) is 0 Å². The minimum absolute atomic E-state index is 0.0431. The number of alkyl halides is 3. The van der Waals surface area contributed by atoms with E-state index in [2.05, 4.69) is 10.4 Å². The Bertz CT molecular complexity index is 1080. The third kappa shape index (κ3) is 4.74. The van der Waals surface area contributed by atoms with E-state index in [1.165, 1.54) is 48.5 Å². The van der Waals surface area contributed by atoms with Crippen molar-refractivity contribution in [3.63, 3.8) is 0 Å². The molecule has 3 aromatic rings. The van der Waals surface area contributed by atoms with Crippen LogP contribution in [0.5, 0.6) is 5.75 Å². The molecule has 3 rings (SSSR count). The molecule has 0 fully saturated rings. The zero-order valence-corrected chi connectivity index (χ0v) is 15.5. The van der Waals surface area contributed by atoms with Gasteiger partial charge < -0.3 is 10.1 Å². The standard InChI is InChI=1S/C19H15F3N4O4/c1-12-10-17(25(24-12)16-5-3-2-4-15(16)19(20,21)22)23-18(27)11-30-14-8-6-13(7-9-14)26(28)29/h2-10H,11H2,1H3,(H,23,27). The largest absolute Gasteiger partial charge is 0.484 e. The van der Waals surface area contributed by atoms with Gasteiger partial charge in [-0.25, -0.2) is 4.68 Å². The topological polar surface area (TPSA) is 99.3 Å². The van der Waals surface area contributed by atoms with Crippen LogP contribution in [0.2, 0.25) is 0 Å². The van der Waals surface area contributed by atoms with Crippen LogP contribution in [-0.2, 0) is 11.0 Å². The number of carbonyl (C=O) groups is 1. The lowest BCUT2D eigenvalue weighted by Gasteiger charge is -2.15. The molecule has 8 nitrogen and oxygen atoms in total. The lowest BCUT2D eigenvalue weighted by Crippen LogP contribution is -2.22. The maximum Gasteiger partial charge on any atom is 0.418 e. The summed E-state index contributed by atoms with van der Waals surface area (Å²) in [6.45, 7) is 1.12. The van der Waals surface area contributed by atoms with Gasteiger partial charge in [0.05, 0.1) is 21.9 Å². The van der Waals surface area contributed by atoms with Crippen LogP contribution in [0, 0.1) is 17.0 Å². The summed E-state index contributed by atoms with van der Waals surface area (Å²) in [4.78, 5) is 22.3. The second-order valence-electron chi connectivity index (χ2n) is 6.19. The van der Waals surface area contributed by atoms with Gasteiger partial charge in [0.1, 0.15) is 11.6 Å². The number of aryl methyl sites for hydroxylation is 1. The number of aromatic nitrogens is 2. The van der Waals surface area contributed by atoms with Gasteiger partial charge in [-0.1, -0.05) is 12.1 Å². The van der Waals surface area contributed by atoms with Crippen molar-refractivity contribution in [1.29, 1.82) is 0 Å². The summed E-state index contributed by atoms with van der Waals surface area (Å²) in [6, 6.07) is 11.4. The van der Waals surface area contributed by atoms with Gasteiger partial charge in [-0.2, -0.15) is 18.3 Å². The number of benzene rings is 2. The summed E-state index contributed by atoms with van der Waals surface area (Å²) in [5.41, 5.74) is -0.858. The highest BCUT2D eigenvalue weighted by molar-refractivity contribution is 5.91. The van der Waals surface area contributed by atoms with Gasteiger partial charge in [-0.05, 0) is 31.2 Å². The zero-order valence-electron chi connectivity index (χ0n) is 15.5. The molecular weight excluding hydrogens is 405 g/mol. The predicted octanol–water partition coefficient (Wildman–Crippen LogP) is 4.13. The summed E-state index contributed by atoms with van der Waals surface area (Å²) in [5, 5.41) is 17.2. The number of nitrogens with one attached hydrogen (secondary N) is 1. The summed E-state index contributed by atoms with van der Waals surface area (Å²) >= 11 is 0. The van der Waals surface area contributed by atoms with Gasteiger partial charge in [-0.3, -0.25) is 14.9 Å². The van der Waals surface area contributed by atoms with E-state index < -0.39 is 29.2 Å². The van der Waals surface area contributed by atoms with E-state index >= 15 is 0 Å². The fourth-order valence-corrected chi connectivity index (χ4v) is 2.66. The molecule has 0 aliphatic heterocycles. The Kier molecular flexibility index (Phi) is 5.72. The van der Waals surface area contributed by atoms with Crippen molar-refractivity contribution in [3.8, 4) is 11.4 Å². The highest BCUT2D eigenvalue weighted by Crippen LogP contribution is 2.34. The molecule has 0 saturated carbocycles. The molecule has 0 spiro atoms. The van der Waals surface area contributed by atoms with E-state index in [4.69, 9.17) is 4.74 Å². The first kappa shape index (κ1) is 20.8. The summed E-state index contributed by atoms with van der Waals surface area (Å²) in [5.74, 6) is -0.372. The molecule has 0 atom stereocenters. The van der Waals surface area contributed by atoms with Crippen LogP contribution in [0.25, 0.3) is 5.69 Å². The Morgan fingerprint density at radius 2 is 1.87 bits per heavy atom. The fourth-order valence-electron chi connectivity index (χ4n) is 2.66. The van der Waals surface area contributed by atoms with Crippen molar-refractivity contribution in [1.82, 2.24) is 9.78 Å². The highest BCUT2D eigenvalue weighted by Gasteiger charge is 2.34. The molecule has 0 saturated heterocycles. The SMILES string of the molecule is Cc1cc(NC(=O)COc2ccc([N+](=O)[O-])cc2)n(-c2ccccc2C(F)(F)F)n1. The first-order valence-electron chi connectivity index (χ1n) is 8.55. The Labute approximate surface area is 168 Å². The van der Waals surface area contributed by atoms with E-state index in [9.17, 15) is 28.1 Å². The molecule has 1 heterocycles. The molecule has 30 heavy (non-hydrogen) atoms. The zero-order chi connectivity index (χ0) is 21.9.